The van der Waals surface area contributed by atoms with Crippen LogP contribution < -0.4 is 10.6 Å². The van der Waals surface area contributed by atoms with Crippen molar-refractivity contribution in [1.29, 1.82) is 5.26 Å². The van der Waals surface area contributed by atoms with Gasteiger partial charge in [0, 0.05) is 18.5 Å². The first-order chi connectivity index (χ1) is 15.5. The molecule has 1 fully saturated rings. The lowest BCUT2D eigenvalue weighted by atomic mass is 10.2. The summed E-state index contributed by atoms with van der Waals surface area (Å²) in [6.07, 6.45) is 2.10. The molecule has 0 saturated heterocycles. The quantitative estimate of drug-likeness (QED) is 0.529. The molecule has 4 rings (SSSR count). The summed E-state index contributed by atoms with van der Waals surface area (Å²) in [7, 11) is 0. The molecule has 32 heavy (non-hydrogen) atoms. The number of nitriles is 1. The zero-order chi connectivity index (χ0) is 22.7. The summed E-state index contributed by atoms with van der Waals surface area (Å²) < 4.78 is 1.96. The van der Waals surface area contributed by atoms with Crippen molar-refractivity contribution in [1.82, 2.24) is 14.8 Å². The molecule has 3 aromatic rings. The van der Waals surface area contributed by atoms with Crippen LogP contribution in [0.25, 0.3) is 5.69 Å². The van der Waals surface area contributed by atoms with Crippen LogP contribution in [0.3, 0.4) is 0 Å². The SMILES string of the molecule is CC(=O)Nc1cccc(-n2c(SC(C)C(=O)Nc3ccccc3C#N)nnc2C2CC2)c1. The van der Waals surface area contributed by atoms with E-state index in [1.807, 2.05) is 28.8 Å². The van der Waals surface area contributed by atoms with Gasteiger partial charge in [-0.2, -0.15) is 5.26 Å². The summed E-state index contributed by atoms with van der Waals surface area (Å²) in [6.45, 7) is 3.26. The second kappa shape index (κ2) is 9.24. The highest BCUT2D eigenvalue weighted by molar-refractivity contribution is 8.00. The van der Waals surface area contributed by atoms with Gasteiger partial charge >= 0.3 is 0 Å². The minimum Gasteiger partial charge on any atom is -0.326 e. The molecule has 1 aromatic heterocycles. The predicted octanol–water partition coefficient (Wildman–Crippen LogP) is 4.09. The molecule has 2 N–H and O–H groups in total. The Balaban J connectivity index is 1.59. The Morgan fingerprint density at radius 1 is 1.16 bits per heavy atom. The van der Waals surface area contributed by atoms with Crippen LogP contribution in [-0.2, 0) is 9.59 Å². The van der Waals surface area contributed by atoms with Crippen molar-refractivity contribution in [2.45, 2.75) is 43.0 Å². The second-order valence-electron chi connectivity index (χ2n) is 7.59. The number of rotatable bonds is 7. The lowest BCUT2D eigenvalue weighted by molar-refractivity contribution is -0.115. The molecule has 8 nitrogen and oxygen atoms in total. The normalized spacial score (nSPS) is 13.8. The molecule has 2 amide bonds. The summed E-state index contributed by atoms with van der Waals surface area (Å²) >= 11 is 1.30. The van der Waals surface area contributed by atoms with Crippen LogP contribution in [0.4, 0.5) is 11.4 Å². The maximum atomic E-state index is 12.8. The first-order valence-corrected chi connectivity index (χ1v) is 11.1. The number of hydrogen-bond acceptors (Lipinski definition) is 6. The predicted molar refractivity (Wildman–Crippen MR) is 123 cm³/mol. The minimum atomic E-state index is -0.477. The number of thioether (sulfide) groups is 1. The maximum absolute atomic E-state index is 12.8. The number of para-hydroxylation sites is 1. The van der Waals surface area contributed by atoms with Gasteiger partial charge in [0.25, 0.3) is 0 Å². The summed E-state index contributed by atoms with van der Waals surface area (Å²) in [5.41, 5.74) is 2.40. The van der Waals surface area contributed by atoms with Gasteiger partial charge in [0.15, 0.2) is 5.16 Å². The average molecular weight is 447 g/mol. The first-order valence-electron chi connectivity index (χ1n) is 10.3. The number of benzene rings is 2. The molecule has 9 heteroatoms. The Labute approximate surface area is 190 Å². The standard InChI is InChI=1S/C23H22N6O2S/c1-14(22(31)26-20-9-4-3-6-17(20)13-24)32-23-28-27-21(16-10-11-16)29(23)19-8-5-7-18(12-19)25-15(2)30/h3-9,12,14,16H,10-11H2,1-2H3,(H,25,30)(H,26,31). The maximum Gasteiger partial charge on any atom is 0.237 e. The Morgan fingerprint density at radius 3 is 2.66 bits per heavy atom. The molecule has 1 aliphatic rings. The van der Waals surface area contributed by atoms with E-state index in [0.29, 0.717) is 28.0 Å². The van der Waals surface area contributed by atoms with Crippen LogP contribution in [0.2, 0.25) is 0 Å². The Bertz CT molecular complexity index is 1210. The van der Waals surface area contributed by atoms with Crippen molar-refractivity contribution in [2.24, 2.45) is 0 Å². The number of nitrogens with one attached hydrogen (secondary N) is 2. The fourth-order valence-corrected chi connectivity index (χ4v) is 4.14. The van der Waals surface area contributed by atoms with Gasteiger partial charge in [0.05, 0.1) is 22.2 Å². The van der Waals surface area contributed by atoms with Crippen LogP contribution in [0.15, 0.2) is 53.7 Å². The lowest BCUT2D eigenvalue weighted by Crippen LogP contribution is -2.23. The van der Waals surface area contributed by atoms with E-state index in [2.05, 4.69) is 26.9 Å². The van der Waals surface area contributed by atoms with E-state index < -0.39 is 5.25 Å². The number of amides is 2. The number of anilines is 2. The van der Waals surface area contributed by atoms with E-state index in [-0.39, 0.29) is 11.8 Å². The molecule has 1 aliphatic carbocycles. The molecule has 0 spiro atoms. The van der Waals surface area contributed by atoms with E-state index in [1.165, 1.54) is 18.7 Å². The number of hydrogen-bond donors (Lipinski definition) is 2. The molecule has 0 bridgehead atoms. The van der Waals surface area contributed by atoms with Gasteiger partial charge in [0.1, 0.15) is 11.9 Å². The van der Waals surface area contributed by atoms with E-state index >= 15 is 0 Å². The highest BCUT2D eigenvalue weighted by Gasteiger charge is 2.32. The molecule has 0 aliphatic heterocycles. The van der Waals surface area contributed by atoms with Crippen LogP contribution in [0.5, 0.6) is 0 Å². The zero-order valence-electron chi connectivity index (χ0n) is 17.7. The van der Waals surface area contributed by atoms with Gasteiger partial charge in [-0.3, -0.25) is 14.2 Å². The topological polar surface area (TPSA) is 113 Å². The number of nitrogens with zero attached hydrogens (tertiary/aromatic N) is 4. The highest BCUT2D eigenvalue weighted by atomic mass is 32.2. The van der Waals surface area contributed by atoms with Crippen molar-refractivity contribution in [3.05, 3.63) is 59.9 Å². The molecular weight excluding hydrogens is 424 g/mol. The van der Waals surface area contributed by atoms with Crippen LogP contribution in [0, 0.1) is 11.3 Å². The van der Waals surface area contributed by atoms with E-state index in [9.17, 15) is 14.9 Å². The molecule has 0 radical (unpaired) electrons. The third-order valence-electron chi connectivity index (χ3n) is 4.98. The molecular formula is C23H22N6O2S. The summed E-state index contributed by atoms with van der Waals surface area (Å²) in [6, 6.07) is 16.5. The second-order valence-corrected chi connectivity index (χ2v) is 8.90. The third-order valence-corrected chi connectivity index (χ3v) is 6.03. The molecule has 162 valence electrons. The lowest BCUT2D eigenvalue weighted by Gasteiger charge is -2.15. The molecule has 1 heterocycles. The van der Waals surface area contributed by atoms with Gasteiger partial charge in [-0.05, 0) is 50.1 Å². The highest BCUT2D eigenvalue weighted by Crippen LogP contribution is 2.41. The van der Waals surface area contributed by atoms with Crippen LogP contribution in [-0.4, -0.2) is 31.8 Å². The molecule has 1 saturated carbocycles. The Morgan fingerprint density at radius 2 is 1.94 bits per heavy atom. The van der Waals surface area contributed by atoms with Gasteiger partial charge < -0.3 is 10.6 Å². The molecule has 1 unspecified atom stereocenters. The van der Waals surface area contributed by atoms with Gasteiger partial charge in [-0.15, -0.1) is 10.2 Å². The largest absolute Gasteiger partial charge is 0.326 e. The zero-order valence-corrected chi connectivity index (χ0v) is 18.5. The third kappa shape index (κ3) is 4.81. The fourth-order valence-electron chi connectivity index (χ4n) is 3.27. The van der Waals surface area contributed by atoms with Gasteiger partial charge in [0.2, 0.25) is 11.8 Å². The smallest absolute Gasteiger partial charge is 0.237 e. The van der Waals surface area contributed by atoms with Gasteiger partial charge in [-0.25, -0.2) is 0 Å². The van der Waals surface area contributed by atoms with Gasteiger partial charge in [-0.1, -0.05) is 30.0 Å². The summed E-state index contributed by atoms with van der Waals surface area (Å²) in [4.78, 5) is 24.3. The van der Waals surface area contributed by atoms with Crippen molar-refractivity contribution in [3.63, 3.8) is 0 Å². The monoisotopic (exact) mass is 446 g/mol. The number of carbonyl (C=O) groups excluding carboxylic acids is 2. The average Bonchev–Trinajstić information content (AvgIpc) is 3.54. The minimum absolute atomic E-state index is 0.147. The summed E-state index contributed by atoms with van der Waals surface area (Å²) in [5.74, 6) is 0.820. The molecule has 1 atom stereocenters. The van der Waals surface area contributed by atoms with E-state index in [1.54, 1.807) is 31.2 Å². The van der Waals surface area contributed by atoms with E-state index in [4.69, 9.17) is 0 Å². The number of aromatic nitrogens is 3. The number of carbonyl (C=O) groups is 2. The van der Waals surface area contributed by atoms with Crippen molar-refractivity contribution >= 4 is 35.0 Å². The van der Waals surface area contributed by atoms with Crippen LogP contribution >= 0.6 is 11.8 Å². The fraction of sp³-hybridized carbons (Fsp3) is 0.261. The Hall–Kier alpha value is -3.64. The van der Waals surface area contributed by atoms with Crippen LogP contribution in [0.1, 0.15) is 44.0 Å². The molecule has 2 aromatic carbocycles. The van der Waals surface area contributed by atoms with E-state index in [0.717, 1.165) is 24.4 Å². The van der Waals surface area contributed by atoms with Crippen molar-refractivity contribution in [3.8, 4) is 11.8 Å². The summed E-state index contributed by atoms with van der Waals surface area (Å²) in [5, 5.41) is 23.8. The first kappa shape index (κ1) is 21.6. The Kier molecular flexibility index (Phi) is 6.23. The van der Waals surface area contributed by atoms with Crippen molar-refractivity contribution < 1.29 is 9.59 Å². The van der Waals surface area contributed by atoms with Crippen molar-refractivity contribution in [2.75, 3.05) is 10.6 Å².